The third-order valence-electron chi connectivity index (χ3n) is 6.73. The minimum Gasteiger partial charge on any atom is -0.493 e. The summed E-state index contributed by atoms with van der Waals surface area (Å²) in [6, 6.07) is 23.3. The van der Waals surface area contributed by atoms with Crippen molar-refractivity contribution < 1.29 is 9.53 Å². The Kier molecular flexibility index (Phi) is 4.82. The van der Waals surface area contributed by atoms with E-state index in [1.54, 1.807) is 0 Å². The highest BCUT2D eigenvalue weighted by Crippen LogP contribution is 2.37. The molecular weight excluding hydrogens is 398 g/mol. The van der Waals surface area contributed by atoms with Gasteiger partial charge < -0.3 is 14.2 Å². The maximum absolute atomic E-state index is 12.6. The highest BCUT2D eigenvalue weighted by molar-refractivity contribution is 5.88. The van der Waals surface area contributed by atoms with Gasteiger partial charge in [0.1, 0.15) is 11.6 Å². The van der Waals surface area contributed by atoms with E-state index in [0.717, 1.165) is 60.3 Å². The van der Waals surface area contributed by atoms with Gasteiger partial charge in [0, 0.05) is 36.9 Å². The van der Waals surface area contributed by atoms with E-state index in [1.165, 1.54) is 5.39 Å². The van der Waals surface area contributed by atoms with Crippen molar-refractivity contribution in [3.8, 4) is 5.75 Å². The summed E-state index contributed by atoms with van der Waals surface area (Å²) in [5.74, 6) is 2.44. The van der Waals surface area contributed by atoms with E-state index in [2.05, 4.69) is 51.9 Å². The first-order valence-corrected chi connectivity index (χ1v) is 11.6. The lowest BCUT2D eigenvalue weighted by atomic mass is 10.1. The molecule has 0 radical (unpaired) electrons. The lowest BCUT2D eigenvalue weighted by Gasteiger charge is -2.17. The molecule has 1 atom stereocenters. The fraction of sp³-hybridized carbons (Fsp3) is 0.333. The van der Waals surface area contributed by atoms with Crippen LogP contribution in [0.4, 0.5) is 0 Å². The Balaban J connectivity index is 1.20. The lowest BCUT2D eigenvalue weighted by molar-refractivity contribution is -0.128. The SMILES string of the molecule is O=C1CC(c2nc3ccccc3n2CCCOc2cccc3ccccc23)CN1C1CC1. The smallest absolute Gasteiger partial charge is 0.223 e. The molecule has 1 saturated carbocycles. The van der Waals surface area contributed by atoms with Gasteiger partial charge >= 0.3 is 0 Å². The zero-order chi connectivity index (χ0) is 21.5. The molecule has 32 heavy (non-hydrogen) atoms. The van der Waals surface area contributed by atoms with Crippen LogP contribution < -0.4 is 4.74 Å². The van der Waals surface area contributed by atoms with Gasteiger partial charge in [0.15, 0.2) is 0 Å². The number of aryl methyl sites for hydroxylation is 1. The number of benzene rings is 3. The standard InChI is InChI=1S/C27H27N3O2/c31-26-17-20(18-30(26)21-13-14-21)27-28-23-10-3-4-11-24(23)29(27)15-6-16-32-25-12-5-8-19-7-1-2-9-22(19)25/h1-5,7-12,20-21H,6,13-18H2. The Morgan fingerprint density at radius 1 is 0.969 bits per heavy atom. The molecule has 5 heteroatoms. The molecule has 1 aliphatic heterocycles. The van der Waals surface area contributed by atoms with Gasteiger partial charge in [0.2, 0.25) is 5.91 Å². The lowest BCUT2D eigenvalue weighted by Crippen LogP contribution is -2.27. The Morgan fingerprint density at radius 3 is 2.69 bits per heavy atom. The molecule has 2 fully saturated rings. The molecule has 1 aromatic heterocycles. The van der Waals surface area contributed by atoms with Gasteiger partial charge in [-0.05, 0) is 42.8 Å². The highest BCUT2D eigenvalue weighted by Gasteiger charge is 2.41. The van der Waals surface area contributed by atoms with E-state index in [4.69, 9.17) is 9.72 Å². The molecule has 1 amide bonds. The molecule has 4 aromatic rings. The van der Waals surface area contributed by atoms with E-state index in [-0.39, 0.29) is 11.8 Å². The van der Waals surface area contributed by atoms with Crippen LogP contribution in [-0.4, -0.2) is 39.6 Å². The van der Waals surface area contributed by atoms with Crippen LogP contribution in [0, 0.1) is 0 Å². The first-order chi connectivity index (χ1) is 15.8. The van der Waals surface area contributed by atoms with E-state index in [9.17, 15) is 4.79 Å². The number of carbonyl (C=O) groups is 1. The van der Waals surface area contributed by atoms with Crippen LogP contribution in [0.25, 0.3) is 21.8 Å². The van der Waals surface area contributed by atoms with Crippen molar-refractivity contribution in [3.05, 3.63) is 72.6 Å². The number of para-hydroxylation sites is 2. The summed E-state index contributed by atoms with van der Waals surface area (Å²) in [5.41, 5.74) is 2.15. The Morgan fingerprint density at radius 2 is 1.78 bits per heavy atom. The maximum atomic E-state index is 12.6. The first kappa shape index (κ1) is 19.4. The van der Waals surface area contributed by atoms with Crippen LogP contribution in [0.5, 0.6) is 5.75 Å². The second-order valence-electron chi connectivity index (χ2n) is 8.97. The monoisotopic (exact) mass is 425 g/mol. The van der Waals surface area contributed by atoms with Gasteiger partial charge in [-0.15, -0.1) is 0 Å². The number of fused-ring (bicyclic) bond motifs is 2. The van der Waals surface area contributed by atoms with Crippen molar-refractivity contribution in [1.29, 1.82) is 0 Å². The zero-order valence-electron chi connectivity index (χ0n) is 18.1. The van der Waals surface area contributed by atoms with Gasteiger partial charge in [0.25, 0.3) is 0 Å². The molecule has 0 spiro atoms. The van der Waals surface area contributed by atoms with Crippen molar-refractivity contribution in [1.82, 2.24) is 14.5 Å². The average molecular weight is 426 g/mol. The van der Waals surface area contributed by atoms with Crippen LogP contribution in [0.1, 0.15) is 37.4 Å². The molecule has 2 heterocycles. The highest BCUT2D eigenvalue weighted by atomic mass is 16.5. The molecule has 0 N–H and O–H groups in total. The predicted molar refractivity (Wildman–Crippen MR) is 126 cm³/mol. The fourth-order valence-electron chi connectivity index (χ4n) is 5.01. The van der Waals surface area contributed by atoms with Crippen LogP contribution in [0.15, 0.2) is 66.7 Å². The van der Waals surface area contributed by atoms with Crippen LogP contribution >= 0.6 is 0 Å². The number of likely N-dealkylation sites (tertiary alicyclic amines) is 1. The second kappa shape index (κ2) is 7.97. The number of hydrogen-bond acceptors (Lipinski definition) is 3. The Labute approximate surface area is 187 Å². The molecule has 6 rings (SSSR count). The second-order valence-corrected chi connectivity index (χ2v) is 8.97. The number of hydrogen-bond donors (Lipinski definition) is 0. The number of carbonyl (C=O) groups excluding carboxylic acids is 1. The third-order valence-corrected chi connectivity index (χ3v) is 6.73. The van der Waals surface area contributed by atoms with Crippen molar-refractivity contribution >= 4 is 27.7 Å². The summed E-state index contributed by atoms with van der Waals surface area (Å²) >= 11 is 0. The van der Waals surface area contributed by atoms with Crippen molar-refractivity contribution in [2.24, 2.45) is 0 Å². The Hall–Kier alpha value is -3.34. The summed E-state index contributed by atoms with van der Waals surface area (Å²) in [6.45, 7) is 2.27. The van der Waals surface area contributed by atoms with Crippen LogP contribution in [-0.2, 0) is 11.3 Å². The number of ether oxygens (including phenoxy) is 1. The number of imidazole rings is 1. The minimum atomic E-state index is 0.175. The molecule has 1 unspecified atom stereocenters. The molecule has 0 bridgehead atoms. The van der Waals surface area contributed by atoms with Gasteiger partial charge in [0.05, 0.1) is 17.6 Å². The molecular formula is C27H27N3O2. The summed E-state index contributed by atoms with van der Waals surface area (Å²) in [5, 5.41) is 2.34. The molecule has 162 valence electrons. The average Bonchev–Trinajstić information content (AvgIpc) is 3.50. The normalized spacial score (nSPS) is 18.7. The van der Waals surface area contributed by atoms with Gasteiger partial charge in [-0.3, -0.25) is 4.79 Å². The van der Waals surface area contributed by atoms with E-state index in [0.29, 0.717) is 19.1 Å². The quantitative estimate of drug-likeness (QED) is 0.385. The number of aromatic nitrogens is 2. The largest absolute Gasteiger partial charge is 0.493 e. The first-order valence-electron chi connectivity index (χ1n) is 11.6. The zero-order valence-corrected chi connectivity index (χ0v) is 18.1. The van der Waals surface area contributed by atoms with Crippen molar-refractivity contribution in [2.45, 2.75) is 44.2 Å². The minimum absolute atomic E-state index is 0.175. The predicted octanol–water partition coefficient (Wildman–Crippen LogP) is 5.14. The van der Waals surface area contributed by atoms with Crippen LogP contribution in [0.3, 0.4) is 0 Å². The summed E-state index contributed by atoms with van der Waals surface area (Å²) in [7, 11) is 0. The Bertz CT molecular complexity index is 1290. The summed E-state index contributed by atoms with van der Waals surface area (Å²) in [6.07, 6.45) is 3.76. The molecule has 3 aromatic carbocycles. The van der Waals surface area contributed by atoms with E-state index < -0.39 is 0 Å². The van der Waals surface area contributed by atoms with E-state index >= 15 is 0 Å². The van der Waals surface area contributed by atoms with Crippen molar-refractivity contribution in [3.63, 3.8) is 0 Å². The molecule has 5 nitrogen and oxygen atoms in total. The topological polar surface area (TPSA) is 47.4 Å². The summed E-state index contributed by atoms with van der Waals surface area (Å²) in [4.78, 5) is 19.6. The van der Waals surface area contributed by atoms with Crippen LogP contribution in [0.2, 0.25) is 0 Å². The number of nitrogens with zero attached hydrogens (tertiary/aromatic N) is 3. The number of rotatable bonds is 7. The number of amides is 1. The molecule has 2 aliphatic rings. The summed E-state index contributed by atoms with van der Waals surface area (Å²) < 4.78 is 8.49. The van der Waals surface area contributed by atoms with Gasteiger partial charge in [-0.25, -0.2) is 4.98 Å². The van der Waals surface area contributed by atoms with Crippen molar-refractivity contribution in [2.75, 3.05) is 13.2 Å². The van der Waals surface area contributed by atoms with Gasteiger partial charge in [-0.1, -0.05) is 48.5 Å². The fourth-order valence-corrected chi connectivity index (χ4v) is 5.01. The molecule has 1 saturated heterocycles. The molecule has 1 aliphatic carbocycles. The maximum Gasteiger partial charge on any atom is 0.223 e. The third kappa shape index (κ3) is 3.52. The van der Waals surface area contributed by atoms with E-state index in [1.807, 2.05) is 24.3 Å². The van der Waals surface area contributed by atoms with Gasteiger partial charge in [-0.2, -0.15) is 0 Å².